The quantitative estimate of drug-likeness (QED) is 0.722. The van der Waals surface area contributed by atoms with Gasteiger partial charge in [-0.15, -0.1) is 0 Å². The molecule has 0 unspecified atom stereocenters. The maximum absolute atomic E-state index is 13.3. The van der Waals surface area contributed by atoms with E-state index < -0.39 is 26.7 Å². The molecule has 0 atom stereocenters. The predicted molar refractivity (Wildman–Crippen MR) is 110 cm³/mol. The monoisotopic (exact) mass is 456 g/mol. The molecule has 2 aromatic carbocycles. The summed E-state index contributed by atoms with van der Waals surface area (Å²) in [6, 6.07) is 9.82. The number of piperazine rings is 1. The number of alkyl halides is 3. The number of hydrogen-bond donors (Lipinski definition) is 2. The Labute approximate surface area is 179 Å². The Bertz CT molecular complexity index is 1060. The number of carbonyl (C=O) groups is 1. The minimum Gasteiger partial charge on any atom is -0.325 e. The number of aryl methyl sites for hydroxylation is 1. The van der Waals surface area contributed by atoms with E-state index >= 15 is 0 Å². The Balaban J connectivity index is 1.63. The fraction of sp³-hybridized carbons (Fsp3) is 0.381. The van der Waals surface area contributed by atoms with Crippen molar-refractivity contribution in [3.05, 3.63) is 59.2 Å². The average Bonchev–Trinajstić information content (AvgIpc) is 2.71. The van der Waals surface area contributed by atoms with Crippen LogP contribution in [0.2, 0.25) is 0 Å². The van der Waals surface area contributed by atoms with Crippen molar-refractivity contribution in [1.82, 2.24) is 4.31 Å². The summed E-state index contributed by atoms with van der Waals surface area (Å²) in [5.74, 6) is -0.192. The van der Waals surface area contributed by atoms with Gasteiger partial charge in [0.05, 0.1) is 36.6 Å². The summed E-state index contributed by atoms with van der Waals surface area (Å²) in [5, 5.41) is 2.87. The molecule has 0 aromatic heterocycles. The molecule has 1 aliphatic rings. The minimum absolute atomic E-state index is 0.0423. The largest absolute Gasteiger partial charge is 0.417 e. The smallest absolute Gasteiger partial charge is 0.325 e. The molecular formula is C21H25F3N3O3S+. The van der Waals surface area contributed by atoms with Crippen LogP contribution in [-0.4, -0.2) is 51.4 Å². The molecule has 3 rings (SSSR count). The number of amides is 1. The molecular weight excluding hydrogens is 431 g/mol. The molecule has 0 aliphatic carbocycles. The number of hydrogen-bond acceptors (Lipinski definition) is 3. The molecule has 10 heteroatoms. The first-order chi connectivity index (χ1) is 14.5. The van der Waals surface area contributed by atoms with Gasteiger partial charge in [0.1, 0.15) is 0 Å². The predicted octanol–water partition coefficient (Wildman–Crippen LogP) is 1.85. The van der Waals surface area contributed by atoms with E-state index in [9.17, 15) is 26.4 Å². The van der Waals surface area contributed by atoms with Crippen LogP contribution in [0.5, 0.6) is 0 Å². The van der Waals surface area contributed by atoms with E-state index in [-0.39, 0.29) is 25.5 Å². The second-order valence-corrected chi connectivity index (χ2v) is 9.53. The van der Waals surface area contributed by atoms with Crippen molar-refractivity contribution in [2.24, 2.45) is 0 Å². The zero-order chi connectivity index (χ0) is 22.8. The van der Waals surface area contributed by atoms with Crippen LogP contribution < -0.4 is 10.2 Å². The Morgan fingerprint density at radius 2 is 1.71 bits per heavy atom. The number of sulfonamides is 1. The van der Waals surface area contributed by atoms with E-state index in [1.165, 1.54) is 12.1 Å². The second kappa shape index (κ2) is 8.97. The molecule has 2 N–H and O–H groups in total. The van der Waals surface area contributed by atoms with Crippen molar-refractivity contribution in [3.63, 3.8) is 0 Å². The van der Waals surface area contributed by atoms with Gasteiger partial charge in [-0.3, -0.25) is 4.79 Å². The summed E-state index contributed by atoms with van der Waals surface area (Å²) in [6.45, 7) is 4.76. The molecule has 0 radical (unpaired) electrons. The van der Waals surface area contributed by atoms with Gasteiger partial charge in [0.2, 0.25) is 10.0 Å². The summed E-state index contributed by atoms with van der Waals surface area (Å²) >= 11 is 0. The lowest BCUT2D eigenvalue weighted by molar-refractivity contribution is -0.895. The number of nitrogens with zero attached hydrogens (tertiary/aromatic N) is 1. The first kappa shape index (κ1) is 23.2. The number of halogens is 3. The van der Waals surface area contributed by atoms with Crippen molar-refractivity contribution in [2.75, 3.05) is 38.0 Å². The highest BCUT2D eigenvalue weighted by molar-refractivity contribution is 7.89. The number of benzene rings is 2. The molecule has 1 heterocycles. The topological polar surface area (TPSA) is 70.9 Å². The summed E-state index contributed by atoms with van der Waals surface area (Å²) in [4.78, 5) is 12.5. The van der Waals surface area contributed by atoms with Gasteiger partial charge in [-0.25, -0.2) is 8.42 Å². The van der Waals surface area contributed by atoms with Crippen LogP contribution >= 0.6 is 0 Å². The SMILES string of the molecule is Cc1cccc(NC(=O)C[NH+]2CCN(S(=O)(=O)c3ccccc3C(F)(F)F)CC2)c1C. The van der Waals surface area contributed by atoms with Gasteiger partial charge in [0.15, 0.2) is 6.54 Å². The molecule has 0 saturated carbocycles. The number of anilines is 1. The van der Waals surface area contributed by atoms with Crippen molar-refractivity contribution in [3.8, 4) is 0 Å². The average molecular weight is 457 g/mol. The summed E-state index contributed by atoms with van der Waals surface area (Å²) < 4.78 is 66.5. The van der Waals surface area contributed by atoms with Crippen molar-refractivity contribution < 1.29 is 31.3 Å². The third kappa shape index (κ3) is 5.25. The van der Waals surface area contributed by atoms with Gasteiger partial charge in [-0.05, 0) is 43.2 Å². The normalized spacial score (nSPS) is 16.3. The fourth-order valence-corrected chi connectivity index (χ4v) is 5.25. The maximum Gasteiger partial charge on any atom is 0.417 e. The van der Waals surface area contributed by atoms with Gasteiger partial charge in [0.25, 0.3) is 5.91 Å². The Hall–Kier alpha value is -2.43. The van der Waals surface area contributed by atoms with Crippen molar-refractivity contribution in [1.29, 1.82) is 0 Å². The lowest BCUT2D eigenvalue weighted by Crippen LogP contribution is -3.15. The number of rotatable bonds is 5. The van der Waals surface area contributed by atoms with E-state index in [1.54, 1.807) is 0 Å². The van der Waals surface area contributed by atoms with Crippen LogP contribution in [-0.2, 0) is 21.0 Å². The zero-order valence-corrected chi connectivity index (χ0v) is 18.1. The molecule has 0 spiro atoms. The lowest BCUT2D eigenvalue weighted by atomic mass is 10.1. The van der Waals surface area contributed by atoms with Gasteiger partial charge >= 0.3 is 6.18 Å². The molecule has 6 nitrogen and oxygen atoms in total. The third-order valence-electron chi connectivity index (χ3n) is 5.53. The first-order valence-corrected chi connectivity index (χ1v) is 11.3. The molecule has 1 amide bonds. The Kier molecular flexibility index (Phi) is 6.73. The number of carbonyl (C=O) groups excluding carboxylic acids is 1. The summed E-state index contributed by atoms with van der Waals surface area (Å²) in [6.07, 6.45) is -4.76. The first-order valence-electron chi connectivity index (χ1n) is 9.86. The van der Waals surface area contributed by atoms with E-state index in [1.807, 2.05) is 32.0 Å². The molecule has 0 bridgehead atoms. The molecule has 31 heavy (non-hydrogen) atoms. The van der Waals surface area contributed by atoms with Crippen molar-refractivity contribution >= 4 is 21.6 Å². The number of nitrogens with one attached hydrogen (secondary N) is 2. The Morgan fingerprint density at radius 1 is 1.06 bits per heavy atom. The standard InChI is InChI=1S/C21H24F3N3O3S/c1-15-6-5-8-18(16(15)2)25-20(28)14-26-10-12-27(13-11-26)31(29,30)19-9-4-3-7-17(19)21(22,23)24/h3-9H,10-14H2,1-2H3,(H,25,28)/p+1. The highest BCUT2D eigenvalue weighted by Crippen LogP contribution is 2.35. The second-order valence-electron chi connectivity index (χ2n) is 7.62. The minimum atomic E-state index is -4.76. The number of quaternary nitrogens is 1. The summed E-state index contributed by atoms with van der Waals surface area (Å²) in [5.41, 5.74) is 1.60. The van der Waals surface area contributed by atoms with Crippen LogP contribution in [0.4, 0.5) is 18.9 Å². The molecule has 168 valence electrons. The van der Waals surface area contributed by atoms with E-state index in [2.05, 4.69) is 5.32 Å². The van der Waals surface area contributed by atoms with Gasteiger partial charge in [-0.2, -0.15) is 17.5 Å². The van der Waals surface area contributed by atoms with E-state index in [4.69, 9.17) is 0 Å². The zero-order valence-electron chi connectivity index (χ0n) is 17.3. The molecule has 1 fully saturated rings. The molecule has 1 saturated heterocycles. The lowest BCUT2D eigenvalue weighted by Gasteiger charge is -2.31. The van der Waals surface area contributed by atoms with Crippen LogP contribution in [0.25, 0.3) is 0 Å². The fourth-order valence-electron chi connectivity index (χ4n) is 3.59. The van der Waals surface area contributed by atoms with Crippen LogP contribution in [0, 0.1) is 13.8 Å². The van der Waals surface area contributed by atoms with Crippen LogP contribution in [0.3, 0.4) is 0 Å². The van der Waals surface area contributed by atoms with Crippen LogP contribution in [0.15, 0.2) is 47.4 Å². The van der Waals surface area contributed by atoms with Gasteiger partial charge < -0.3 is 10.2 Å². The van der Waals surface area contributed by atoms with E-state index in [0.717, 1.165) is 38.2 Å². The van der Waals surface area contributed by atoms with Gasteiger partial charge in [0, 0.05) is 5.69 Å². The summed E-state index contributed by atoms with van der Waals surface area (Å²) in [7, 11) is -4.29. The van der Waals surface area contributed by atoms with Crippen LogP contribution in [0.1, 0.15) is 16.7 Å². The molecule has 1 aliphatic heterocycles. The highest BCUT2D eigenvalue weighted by atomic mass is 32.2. The maximum atomic E-state index is 13.3. The molecule has 2 aromatic rings. The van der Waals surface area contributed by atoms with Crippen molar-refractivity contribution in [2.45, 2.75) is 24.9 Å². The van der Waals surface area contributed by atoms with E-state index in [0.29, 0.717) is 13.1 Å². The third-order valence-corrected chi connectivity index (χ3v) is 7.49. The highest BCUT2D eigenvalue weighted by Gasteiger charge is 2.40. The Morgan fingerprint density at radius 3 is 2.35 bits per heavy atom. The van der Waals surface area contributed by atoms with Gasteiger partial charge in [-0.1, -0.05) is 24.3 Å².